The summed E-state index contributed by atoms with van der Waals surface area (Å²) < 4.78 is 0. The van der Waals surface area contributed by atoms with Crippen LogP contribution < -0.4 is 5.32 Å². The van der Waals surface area contributed by atoms with Gasteiger partial charge in [0.1, 0.15) is 0 Å². The van der Waals surface area contributed by atoms with E-state index < -0.39 is 0 Å². The van der Waals surface area contributed by atoms with E-state index in [-0.39, 0.29) is 0 Å². The topological polar surface area (TPSA) is 15.3 Å². The van der Waals surface area contributed by atoms with Gasteiger partial charge in [-0.15, -0.1) is 0 Å². The Bertz CT molecular complexity index is 242. The molecule has 0 saturated heterocycles. The maximum Gasteiger partial charge on any atom is 0.00953 e. The average Bonchev–Trinajstić information content (AvgIpc) is 3.04. The van der Waals surface area contributed by atoms with E-state index in [1.165, 1.54) is 64.6 Å². The van der Waals surface area contributed by atoms with Crippen molar-refractivity contribution in [1.29, 1.82) is 0 Å². The largest absolute Gasteiger partial charge is 0.314 e. The van der Waals surface area contributed by atoms with Crippen LogP contribution in [-0.2, 0) is 0 Å². The zero-order valence-electron chi connectivity index (χ0n) is 13.3. The summed E-state index contributed by atoms with van der Waals surface area (Å²) in [6, 6.07) is 1.75. The van der Waals surface area contributed by atoms with Crippen LogP contribution in [0.5, 0.6) is 0 Å². The minimum Gasteiger partial charge on any atom is -0.314 e. The molecule has 0 bridgehead atoms. The zero-order valence-corrected chi connectivity index (χ0v) is 13.3. The third-order valence-corrected chi connectivity index (χ3v) is 4.71. The molecule has 0 aromatic carbocycles. The van der Waals surface area contributed by atoms with Crippen molar-refractivity contribution in [2.24, 2.45) is 11.8 Å². The Morgan fingerprint density at radius 1 is 1.05 bits per heavy atom. The maximum absolute atomic E-state index is 3.69. The lowest BCUT2D eigenvalue weighted by molar-refractivity contribution is 0.162. The van der Waals surface area contributed by atoms with Crippen LogP contribution in [0.25, 0.3) is 0 Å². The summed E-state index contributed by atoms with van der Waals surface area (Å²) in [5.74, 6) is 1.64. The normalized spacial score (nSPS) is 22.6. The van der Waals surface area contributed by atoms with Gasteiger partial charge in [0.25, 0.3) is 0 Å². The molecule has 0 aromatic rings. The van der Waals surface area contributed by atoms with Crippen LogP contribution >= 0.6 is 0 Å². The molecule has 2 saturated carbocycles. The summed E-state index contributed by atoms with van der Waals surface area (Å²) in [6.45, 7) is 11.0. The second kappa shape index (κ2) is 7.64. The lowest BCUT2D eigenvalue weighted by atomic mass is 10.1. The van der Waals surface area contributed by atoms with E-state index in [9.17, 15) is 0 Å². The highest BCUT2D eigenvalue weighted by Gasteiger charge is 2.25. The van der Waals surface area contributed by atoms with Crippen molar-refractivity contribution in [3.05, 3.63) is 0 Å². The number of nitrogens with one attached hydrogen (secondary N) is 1. The number of hydrogen-bond donors (Lipinski definition) is 1. The Kier molecular flexibility index (Phi) is 6.15. The van der Waals surface area contributed by atoms with Crippen molar-refractivity contribution in [2.75, 3.05) is 19.6 Å². The predicted molar refractivity (Wildman–Crippen MR) is 83.5 cm³/mol. The van der Waals surface area contributed by atoms with Gasteiger partial charge in [-0.05, 0) is 57.0 Å². The van der Waals surface area contributed by atoms with Crippen molar-refractivity contribution in [1.82, 2.24) is 10.2 Å². The number of nitrogens with zero attached hydrogens (tertiary/aromatic N) is 1. The van der Waals surface area contributed by atoms with Crippen LogP contribution in [-0.4, -0.2) is 36.6 Å². The Morgan fingerprint density at radius 2 is 1.74 bits per heavy atom. The minimum absolute atomic E-state index is 0.799. The van der Waals surface area contributed by atoms with Gasteiger partial charge < -0.3 is 10.2 Å². The quantitative estimate of drug-likeness (QED) is 0.685. The van der Waals surface area contributed by atoms with Gasteiger partial charge in [0.05, 0.1) is 0 Å². The van der Waals surface area contributed by atoms with E-state index in [1.54, 1.807) is 0 Å². The molecule has 1 atom stereocenters. The molecule has 0 spiro atoms. The maximum atomic E-state index is 3.69. The van der Waals surface area contributed by atoms with Crippen molar-refractivity contribution < 1.29 is 0 Å². The van der Waals surface area contributed by atoms with E-state index in [4.69, 9.17) is 0 Å². The predicted octanol–water partition coefficient (Wildman–Crippen LogP) is 3.67. The van der Waals surface area contributed by atoms with Crippen LogP contribution in [0.15, 0.2) is 0 Å². The molecule has 0 aromatic heterocycles. The standard InChI is InChI=1S/C17H34N2/c1-14(2)10-11-19(17-6-4-5-7-17)13-15(3)12-18-16-8-9-16/h14-18H,4-13H2,1-3H3. The number of hydrogen-bond acceptors (Lipinski definition) is 2. The van der Waals surface area contributed by atoms with Crippen molar-refractivity contribution in [2.45, 2.75) is 77.8 Å². The third-order valence-electron chi connectivity index (χ3n) is 4.71. The van der Waals surface area contributed by atoms with Gasteiger partial charge in [-0.3, -0.25) is 0 Å². The molecule has 0 aliphatic heterocycles. The van der Waals surface area contributed by atoms with Crippen LogP contribution in [0.1, 0.15) is 65.7 Å². The fraction of sp³-hybridized carbons (Fsp3) is 1.00. The van der Waals surface area contributed by atoms with Gasteiger partial charge in [0.2, 0.25) is 0 Å². The molecule has 1 N–H and O–H groups in total. The molecule has 0 heterocycles. The summed E-state index contributed by atoms with van der Waals surface area (Å²) in [5, 5.41) is 3.69. The molecular weight excluding hydrogens is 232 g/mol. The smallest absolute Gasteiger partial charge is 0.00953 e. The van der Waals surface area contributed by atoms with Crippen LogP contribution in [0, 0.1) is 11.8 Å². The molecule has 2 aliphatic carbocycles. The summed E-state index contributed by atoms with van der Waals surface area (Å²) in [7, 11) is 0. The van der Waals surface area contributed by atoms with Crippen molar-refractivity contribution >= 4 is 0 Å². The Morgan fingerprint density at radius 3 is 2.32 bits per heavy atom. The van der Waals surface area contributed by atoms with E-state index in [0.29, 0.717) is 0 Å². The second-order valence-corrected chi connectivity index (χ2v) is 7.40. The molecule has 2 heteroatoms. The monoisotopic (exact) mass is 266 g/mol. The summed E-state index contributed by atoms with van der Waals surface area (Å²) in [5.41, 5.74) is 0. The third kappa shape index (κ3) is 5.83. The van der Waals surface area contributed by atoms with Crippen LogP contribution in [0.2, 0.25) is 0 Å². The molecule has 1 unspecified atom stereocenters. The lowest BCUT2D eigenvalue weighted by Crippen LogP contribution is -2.40. The first-order chi connectivity index (χ1) is 9.15. The second-order valence-electron chi connectivity index (χ2n) is 7.40. The van der Waals surface area contributed by atoms with Gasteiger partial charge in [-0.25, -0.2) is 0 Å². The number of rotatable bonds is 9. The van der Waals surface area contributed by atoms with E-state index in [2.05, 4.69) is 31.0 Å². The molecule has 0 radical (unpaired) electrons. The molecule has 2 nitrogen and oxygen atoms in total. The van der Waals surface area contributed by atoms with E-state index in [1.807, 2.05) is 0 Å². The van der Waals surface area contributed by atoms with Gasteiger partial charge in [0.15, 0.2) is 0 Å². The van der Waals surface area contributed by atoms with Crippen molar-refractivity contribution in [3.63, 3.8) is 0 Å². The van der Waals surface area contributed by atoms with E-state index in [0.717, 1.165) is 23.9 Å². The van der Waals surface area contributed by atoms with E-state index >= 15 is 0 Å². The minimum atomic E-state index is 0.799. The fourth-order valence-corrected chi connectivity index (χ4v) is 3.24. The highest BCUT2D eigenvalue weighted by atomic mass is 15.2. The van der Waals surface area contributed by atoms with Gasteiger partial charge >= 0.3 is 0 Å². The van der Waals surface area contributed by atoms with Gasteiger partial charge in [0, 0.05) is 18.6 Å². The molecule has 2 aliphatic rings. The zero-order chi connectivity index (χ0) is 13.7. The molecule has 2 rings (SSSR count). The first-order valence-electron chi connectivity index (χ1n) is 8.62. The van der Waals surface area contributed by atoms with Gasteiger partial charge in [-0.2, -0.15) is 0 Å². The average molecular weight is 266 g/mol. The molecule has 0 amide bonds. The highest BCUT2D eigenvalue weighted by molar-refractivity contribution is 4.83. The molecule has 2 fully saturated rings. The van der Waals surface area contributed by atoms with Crippen LogP contribution in [0.3, 0.4) is 0 Å². The van der Waals surface area contributed by atoms with Crippen LogP contribution in [0.4, 0.5) is 0 Å². The molecule has 112 valence electrons. The fourth-order valence-electron chi connectivity index (χ4n) is 3.24. The first-order valence-corrected chi connectivity index (χ1v) is 8.62. The summed E-state index contributed by atoms with van der Waals surface area (Å²) in [6.07, 6.45) is 9.98. The Hall–Kier alpha value is -0.0800. The Balaban J connectivity index is 1.73. The highest BCUT2D eigenvalue weighted by Crippen LogP contribution is 2.25. The molecular formula is C17H34N2. The van der Waals surface area contributed by atoms with Crippen molar-refractivity contribution in [3.8, 4) is 0 Å². The van der Waals surface area contributed by atoms with Gasteiger partial charge in [-0.1, -0.05) is 33.6 Å². The first kappa shape index (κ1) is 15.3. The molecule has 19 heavy (non-hydrogen) atoms. The lowest BCUT2D eigenvalue weighted by Gasteiger charge is -2.32. The summed E-state index contributed by atoms with van der Waals surface area (Å²) >= 11 is 0. The summed E-state index contributed by atoms with van der Waals surface area (Å²) in [4.78, 5) is 2.81. The Labute approximate surface area is 120 Å². The SMILES string of the molecule is CC(C)CCN(CC(C)CNC1CC1)C1CCCC1.